The summed E-state index contributed by atoms with van der Waals surface area (Å²) in [6.45, 7) is 6.50. The first-order valence-corrected chi connectivity index (χ1v) is 10.2. The third-order valence-electron chi connectivity index (χ3n) is 4.09. The van der Waals surface area contributed by atoms with Crippen molar-refractivity contribution in [2.45, 2.75) is 25.6 Å². The van der Waals surface area contributed by atoms with Gasteiger partial charge in [0.1, 0.15) is 8.07 Å². The third-order valence-corrected chi connectivity index (χ3v) is 7.92. The van der Waals surface area contributed by atoms with Gasteiger partial charge in [0, 0.05) is 0 Å². The van der Waals surface area contributed by atoms with Crippen LogP contribution in [-0.2, 0) is 9.53 Å². The summed E-state index contributed by atoms with van der Waals surface area (Å²) >= 11 is 0. The minimum Gasteiger partial charge on any atom is -0.469 e. The van der Waals surface area contributed by atoms with Crippen LogP contribution in [0.2, 0.25) is 13.1 Å². The molecule has 0 spiro atoms. The lowest BCUT2D eigenvalue weighted by Crippen LogP contribution is -2.50. The number of esters is 1. The number of carbonyl (C=O) groups is 1. The van der Waals surface area contributed by atoms with E-state index in [2.05, 4.69) is 56.4 Å². The molecule has 2 aromatic carbocycles. The lowest BCUT2D eigenvalue weighted by molar-refractivity contribution is -0.140. The molecule has 1 atom stereocenters. The number of aryl methyl sites for hydroxylation is 1. The van der Waals surface area contributed by atoms with E-state index in [0.717, 1.165) is 5.56 Å². The fraction of sp³-hybridized carbons (Fsp3) is 0.278. The second-order valence-corrected chi connectivity index (χ2v) is 10.6. The minimum atomic E-state index is -2.03. The first-order chi connectivity index (χ1) is 9.96. The van der Waals surface area contributed by atoms with Crippen molar-refractivity contribution in [3.63, 3.8) is 0 Å². The highest BCUT2D eigenvalue weighted by molar-refractivity contribution is 6.93. The molecule has 0 aliphatic carbocycles. The Kier molecular flexibility index (Phi) is 4.63. The number of benzene rings is 2. The van der Waals surface area contributed by atoms with E-state index in [1.54, 1.807) is 0 Å². The monoisotopic (exact) mass is 298 g/mol. The molecule has 0 fully saturated rings. The normalized spacial score (nSPS) is 12.8. The predicted molar refractivity (Wildman–Crippen MR) is 89.5 cm³/mol. The first kappa shape index (κ1) is 15.5. The Morgan fingerprint density at radius 3 is 2.10 bits per heavy atom. The molecular weight excluding hydrogens is 276 g/mol. The maximum absolute atomic E-state index is 12.4. The molecule has 21 heavy (non-hydrogen) atoms. The molecule has 0 aliphatic rings. The molecule has 0 bridgehead atoms. The molecule has 0 aliphatic heterocycles. The molecule has 2 nitrogen and oxygen atoms in total. The molecule has 0 aromatic heterocycles. The van der Waals surface area contributed by atoms with Crippen LogP contribution in [0, 0.1) is 6.92 Å². The molecule has 0 heterocycles. The van der Waals surface area contributed by atoms with Gasteiger partial charge in [-0.05, 0) is 12.5 Å². The summed E-state index contributed by atoms with van der Waals surface area (Å²) < 4.78 is 5.10. The van der Waals surface area contributed by atoms with E-state index in [0.29, 0.717) is 0 Å². The van der Waals surface area contributed by atoms with Gasteiger partial charge in [0.05, 0.1) is 12.7 Å². The second-order valence-electron chi connectivity index (χ2n) is 5.95. The quantitative estimate of drug-likeness (QED) is 0.639. The highest BCUT2D eigenvalue weighted by Crippen LogP contribution is 2.28. The molecule has 0 amide bonds. The summed E-state index contributed by atoms with van der Waals surface area (Å²) in [5, 5.41) is 1.26. The number of carbonyl (C=O) groups excluding carboxylic acids is 1. The fourth-order valence-corrected chi connectivity index (χ4v) is 5.88. The lowest BCUT2D eigenvalue weighted by Gasteiger charge is -2.31. The highest BCUT2D eigenvalue weighted by Gasteiger charge is 2.40. The third kappa shape index (κ3) is 3.24. The molecule has 0 saturated carbocycles. The zero-order valence-corrected chi connectivity index (χ0v) is 14.1. The summed E-state index contributed by atoms with van der Waals surface area (Å²) in [4.78, 5) is 12.4. The fourth-order valence-electron chi connectivity index (χ4n) is 2.76. The standard InChI is InChI=1S/C18H22O2Si/c1-14-10-12-15(13-11-14)17(18(19)20-2)21(3,4)16-8-6-5-7-9-16/h5-13,17H,1-4H3. The second kappa shape index (κ2) is 6.27. The van der Waals surface area contributed by atoms with Gasteiger partial charge in [0.2, 0.25) is 0 Å². The van der Waals surface area contributed by atoms with Crippen molar-refractivity contribution in [3.05, 3.63) is 65.7 Å². The first-order valence-electron chi connectivity index (χ1n) is 7.16. The molecule has 1 unspecified atom stereocenters. The van der Waals surface area contributed by atoms with Gasteiger partial charge in [-0.25, -0.2) is 0 Å². The van der Waals surface area contributed by atoms with Gasteiger partial charge >= 0.3 is 5.97 Å². The molecule has 0 N–H and O–H groups in total. The number of rotatable bonds is 4. The lowest BCUT2D eigenvalue weighted by atomic mass is 10.1. The Balaban J connectivity index is 2.50. The average molecular weight is 298 g/mol. The van der Waals surface area contributed by atoms with Crippen molar-refractivity contribution in [1.29, 1.82) is 0 Å². The van der Waals surface area contributed by atoms with Crippen molar-refractivity contribution >= 4 is 19.2 Å². The Bertz CT molecular complexity index is 603. The van der Waals surface area contributed by atoms with E-state index in [-0.39, 0.29) is 11.5 Å². The van der Waals surface area contributed by atoms with Crippen LogP contribution in [0.3, 0.4) is 0 Å². The van der Waals surface area contributed by atoms with Crippen molar-refractivity contribution in [2.24, 2.45) is 0 Å². The largest absolute Gasteiger partial charge is 0.469 e. The Labute approximate surface area is 127 Å². The van der Waals surface area contributed by atoms with Crippen LogP contribution < -0.4 is 5.19 Å². The van der Waals surface area contributed by atoms with Crippen LogP contribution in [0.15, 0.2) is 54.6 Å². The Morgan fingerprint density at radius 2 is 1.57 bits per heavy atom. The van der Waals surface area contributed by atoms with Gasteiger partial charge in [-0.15, -0.1) is 0 Å². The molecule has 2 rings (SSSR count). The van der Waals surface area contributed by atoms with Crippen LogP contribution in [0.5, 0.6) is 0 Å². The van der Waals surface area contributed by atoms with Crippen LogP contribution in [0.1, 0.15) is 16.7 Å². The Hall–Kier alpha value is -1.87. The predicted octanol–water partition coefficient (Wildman–Crippen LogP) is 3.41. The molecular formula is C18H22O2Si. The van der Waals surface area contributed by atoms with Crippen molar-refractivity contribution in [2.75, 3.05) is 7.11 Å². The smallest absolute Gasteiger partial charge is 0.310 e. The summed E-state index contributed by atoms with van der Waals surface area (Å²) in [5.41, 5.74) is 2.06. The van der Waals surface area contributed by atoms with Gasteiger partial charge in [0.15, 0.2) is 0 Å². The van der Waals surface area contributed by atoms with E-state index >= 15 is 0 Å². The zero-order valence-electron chi connectivity index (χ0n) is 13.1. The number of hydrogen-bond acceptors (Lipinski definition) is 2. The highest BCUT2D eigenvalue weighted by atomic mass is 28.3. The van der Waals surface area contributed by atoms with E-state index in [4.69, 9.17) is 4.74 Å². The van der Waals surface area contributed by atoms with Crippen molar-refractivity contribution in [3.8, 4) is 0 Å². The van der Waals surface area contributed by atoms with Crippen LogP contribution in [0.25, 0.3) is 0 Å². The SMILES string of the molecule is COC(=O)C(c1ccc(C)cc1)[Si](C)(C)c1ccccc1. The van der Waals surface area contributed by atoms with Crippen LogP contribution >= 0.6 is 0 Å². The summed E-state index contributed by atoms with van der Waals surface area (Å²) in [5.74, 6) is -0.139. The van der Waals surface area contributed by atoms with E-state index < -0.39 is 8.07 Å². The number of hydrogen-bond donors (Lipinski definition) is 0. The summed E-state index contributed by atoms with van der Waals surface area (Å²) in [7, 11) is -0.554. The van der Waals surface area contributed by atoms with Gasteiger partial charge < -0.3 is 4.74 Å². The van der Waals surface area contributed by atoms with E-state index in [1.807, 2.05) is 18.2 Å². The molecule has 2 aromatic rings. The molecule has 110 valence electrons. The minimum absolute atomic E-state index is 0.139. The van der Waals surface area contributed by atoms with E-state index in [1.165, 1.54) is 17.9 Å². The van der Waals surface area contributed by atoms with Crippen LogP contribution in [-0.4, -0.2) is 21.2 Å². The summed E-state index contributed by atoms with van der Waals surface area (Å²) in [6, 6.07) is 18.5. The average Bonchev–Trinajstić information content (AvgIpc) is 2.50. The van der Waals surface area contributed by atoms with Gasteiger partial charge in [0.25, 0.3) is 0 Å². The molecule has 3 heteroatoms. The molecule has 0 saturated heterocycles. The maximum atomic E-state index is 12.4. The van der Waals surface area contributed by atoms with Crippen LogP contribution in [0.4, 0.5) is 0 Å². The van der Waals surface area contributed by atoms with Crippen molar-refractivity contribution < 1.29 is 9.53 Å². The van der Waals surface area contributed by atoms with Gasteiger partial charge in [-0.3, -0.25) is 4.79 Å². The van der Waals surface area contributed by atoms with E-state index in [9.17, 15) is 4.79 Å². The van der Waals surface area contributed by atoms with Crippen molar-refractivity contribution in [1.82, 2.24) is 0 Å². The molecule has 0 radical (unpaired) electrons. The number of ether oxygens (including phenoxy) is 1. The zero-order chi connectivity index (χ0) is 15.5. The Morgan fingerprint density at radius 1 is 1.00 bits per heavy atom. The topological polar surface area (TPSA) is 26.3 Å². The van der Waals surface area contributed by atoms with Gasteiger partial charge in [-0.2, -0.15) is 0 Å². The maximum Gasteiger partial charge on any atom is 0.310 e. The summed E-state index contributed by atoms with van der Waals surface area (Å²) in [6.07, 6.45) is 0. The number of methoxy groups -OCH3 is 1. The van der Waals surface area contributed by atoms with Gasteiger partial charge in [-0.1, -0.05) is 78.4 Å².